The highest BCUT2D eigenvalue weighted by molar-refractivity contribution is 6.15. The molecule has 0 bridgehead atoms. The first kappa shape index (κ1) is 36.8. The van der Waals surface area contributed by atoms with Gasteiger partial charge in [0.15, 0.2) is 0 Å². The van der Waals surface area contributed by atoms with E-state index in [0.29, 0.717) is 0 Å². The van der Waals surface area contributed by atoms with Crippen LogP contribution in [-0.2, 0) is 0 Å². The lowest BCUT2D eigenvalue weighted by Gasteiger charge is -2.27. The van der Waals surface area contributed by atoms with Crippen LogP contribution in [0, 0.1) is 0 Å². The Morgan fingerprint density at radius 2 is 0.661 bits per heavy atom. The largest absolute Gasteiger partial charge is 0.310 e. The molecule has 0 unspecified atom stereocenters. The molecule has 0 amide bonds. The summed E-state index contributed by atoms with van der Waals surface area (Å²) in [7, 11) is 0. The lowest BCUT2D eigenvalue weighted by atomic mass is 9.99. The molecule has 0 N–H and O–H groups in total. The third-order valence-corrected chi connectivity index (χ3v) is 12.0. The van der Waals surface area contributed by atoms with Crippen LogP contribution in [0.15, 0.2) is 255 Å². The fourth-order valence-electron chi connectivity index (χ4n) is 8.97. The number of rotatable bonds is 9. The molecule has 0 aliphatic rings. The first-order chi connectivity index (χ1) is 30.7. The van der Waals surface area contributed by atoms with E-state index in [9.17, 15) is 0 Å². The van der Waals surface area contributed by atoms with Crippen LogP contribution in [-0.4, -0.2) is 4.57 Å². The quantitative estimate of drug-likeness (QED) is 0.141. The van der Waals surface area contributed by atoms with Crippen molar-refractivity contribution in [2.24, 2.45) is 0 Å². The zero-order valence-electron chi connectivity index (χ0n) is 34.1. The van der Waals surface area contributed by atoms with Gasteiger partial charge in [0.2, 0.25) is 0 Å². The molecule has 0 aliphatic heterocycles. The molecule has 0 atom stereocenters. The Kier molecular flexibility index (Phi) is 9.57. The molecule has 2 heteroatoms. The standard InChI is InChI=1S/C60H42N2/c1-4-15-43(16-5-1)50-21-12-23-54(41-50)61(55-24-13-22-51(42-55)44-17-6-2-7-18-44)52-37-33-47(34-38-52)45-29-31-46(32-30-45)48-35-39-53(40-36-48)62-58-27-11-10-25-57(58)60-56(26-14-28-59(60)62)49-19-8-3-9-20-49/h1-42H. The van der Waals surface area contributed by atoms with E-state index in [1.54, 1.807) is 0 Å². The molecule has 62 heavy (non-hydrogen) atoms. The molecule has 1 aromatic heterocycles. The van der Waals surface area contributed by atoms with Crippen LogP contribution >= 0.6 is 0 Å². The summed E-state index contributed by atoms with van der Waals surface area (Å²) < 4.78 is 2.40. The van der Waals surface area contributed by atoms with E-state index in [0.717, 1.165) is 22.7 Å². The highest BCUT2D eigenvalue weighted by atomic mass is 15.1. The summed E-state index contributed by atoms with van der Waals surface area (Å²) in [6.07, 6.45) is 0. The third-order valence-electron chi connectivity index (χ3n) is 12.0. The number of benzene rings is 10. The predicted molar refractivity (Wildman–Crippen MR) is 263 cm³/mol. The minimum atomic E-state index is 1.10. The first-order valence-corrected chi connectivity index (χ1v) is 21.3. The lowest BCUT2D eigenvalue weighted by molar-refractivity contribution is 1.18. The summed E-state index contributed by atoms with van der Waals surface area (Å²) in [4.78, 5) is 2.36. The molecular formula is C60H42N2. The molecule has 292 valence electrons. The van der Waals surface area contributed by atoms with Gasteiger partial charge in [-0.3, -0.25) is 0 Å². The van der Waals surface area contributed by atoms with Gasteiger partial charge in [0.1, 0.15) is 0 Å². The molecule has 0 aliphatic carbocycles. The van der Waals surface area contributed by atoms with E-state index < -0.39 is 0 Å². The lowest BCUT2D eigenvalue weighted by Crippen LogP contribution is -2.10. The average molecular weight is 791 g/mol. The molecule has 0 fully saturated rings. The van der Waals surface area contributed by atoms with Crippen molar-refractivity contribution in [2.75, 3.05) is 4.90 Å². The van der Waals surface area contributed by atoms with E-state index in [4.69, 9.17) is 0 Å². The first-order valence-electron chi connectivity index (χ1n) is 21.3. The third kappa shape index (κ3) is 6.94. The fourth-order valence-corrected chi connectivity index (χ4v) is 8.97. The van der Waals surface area contributed by atoms with Gasteiger partial charge in [0, 0.05) is 33.5 Å². The summed E-state index contributed by atoms with van der Waals surface area (Å²) in [5.74, 6) is 0. The fraction of sp³-hybridized carbons (Fsp3) is 0. The SMILES string of the molecule is c1ccc(-c2cccc(N(c3ccc(-c4ccc(-c5ccc(-n6c7ccccc7c7c(-c8ccccc8)cccc76)cc5)cc4)cc3)c3cccc(-c4ccccc4)c3)c2)cc1. The van der Waals surface area contributed by atoms with E-state index in [2.05, 4.69) is 264 Å². The molecule has 0 saturated carbocycles. The van der Waals surface area contributed by atoms with Crippen LogP contribution in [0.3, 0.4) is 0 Å². The summed E-state index contributed by atoms with van der Waals surface area (Å²) >= 11 is 0. The van der Waals surface area contributed by atoms with E-state index in [1.807, 2.05) is 0 Å². The molecular weight excluding hydrogens is 749 g/mol. The van der Waals surface area contributed by atoms with Crippen molar-refractivity contribution < 1.29 is 0 Å². The van der Waals surface area contributed by atoms with Gasteiger partial charge >= 0.3 is 0 Å². The number of anilines is 3. The maximum Gasteiger partial charge on any atom is 0.0547 e. The smallest absolute Gasteiger partial charge is 0.0547 e. The van der Waals surface area contributed by atoms with Crippen molar-refractivity contribution in [3.8, 4) is 61.3 Å². The Bertz CT molecular complexity index is 3210. The molecule has 0 radical (unpaired) electrons. The monoisotopic (exact) mass is 790 g/mol. The molecule has 10 aromatic carbocycles. The number of para-hydroxylation sites is 1. The van der Waals surface area contributed by atoms with Gasteiger partial charge in [0.05, 0.1) is 11.0 Å². The summed E-state index contributed by atoms with van der Waals surface area (Å²) in [5, 5.41) is 2.54. The number of aromatic nitrogens is 1. The van der Waals surface area contributed by atoms with Crippen LogP contribution in [0.4, 0.5) is 17.1 Å². The molecule has 0 saturated heterocycles. The highest BCUT2D eigenvalue weighted by Crippen LogP contribution is 2.41. The Balaban J connectivity index is 0.894. The maximum absolute atomic E-state index is 2.40. The van der Waals surface area contributed by atoms with Crippen LogP contribution in [0.2, 0.25) is 0 Å². The summed E-state index contributed by atoms with van der Waals surface area (Å²) in [6, 6.07) is 91.9. The summed E-state index contributed by atoms with van der Waals surface area (Å²) in [5.41, 5.74) is 18.8. The zero-order valence-corrected chi connectivity index (χ0v) is 34.1. The highest BCUT2D eigenvalue weighted by Gasteiger charge is 2.17. The van der Waals surface area contributed by atoms with Crippen molar-refractivity contribution in [3.63, 3.8) is 0 Å². The normalized spacial score (nSPS) is 11.2. The van der Waals surface area contributed by atoms with Gasteiger partial charge in [-0.2, -0.15) is 0 Å². The zero-order chi connectivity index (χ0) is 41.2. The van der Waals surface area contributed by atoms with Gasteiger partial charge in [-0.15, -0.1) is 0 Å². The minimum Gasteiger partial charge on any atom is -0.310 e. The van der Waals surface area contributed by atoms with Gasteiger partial charge in [-0.05, 0) is 116 Å². The second-order valence-electron chi connectivity index (χ2n) is 15.8. The van der Waals surface area contributed by atoms with Crippen molar-refractivity contribution in [2.45, 2.75) is 0 Å². The van der Waals surface area contributed by atoms with Crippen molar-refractivity contribution in [1.29, 1.82) is 0 Å². The van der Waals surface area contributed by atoms with E-state index >= 15 is 0 Å². The molecule has 11 aromatic rings. The number of fused-ring (bicyclic) bond motifs is 3. The molecule has 11 rings (SSSR count). The Morgan fingerprint density at radius 1 is 0.258 bits per heavy atom. The van der Waals surface area contributed by atoms with Crippen LogP contribution in [0.25, 0.3) is 83.1 Å². The van der Waals surface area contributed by atoms with Gasteiger partial charge < -0.3 is 9.47 Å². The Morgan fingerprint density at radius 3 is 1.21 bits per heavy atom. The van der Waals surface area contributed by atoms with Crippen LogP contribution < -0.4 is 4.90 Å². The summed E-state index contributed by atoms with van der Waals surface area (Å²) in [6.45, 7) is 0. The van der Waals surface area contributed by atoms with Gasteiger partial charge in [-0.1, -0.05) is 194 Å². The number of hydrogen-bond donors (Lipinski definition) is 0. The second-order valence-corrected chi connectivity index (χ2v) is 15.8. The van der Waals surface area contributed by atoms with Crippen molar-refractivity contribution in [1.82, 2.24) is 4.57 Å². The minimum absolute atomic E-state index is 1.10. The van der Waals surface area contributed by atoms with Crippen molar-refractivity contribution >= 4 is 38.9 Å². The average Bonchev–Trinajstić information content (AvgIpc) is 3.70. The Hall–Kier alpha value is -8.20. The molecule has 0 spiro atoms. The number of hydrogen-bond acceptors (Lipinski definition) is 1. The topological polar surface area (TPSA) is 8.17 Å². The predicted octanol–water partition coefficient (Wildman–Crippen LogP) is 16.6. The van der Waals surface area contributed by atoms with E-state index in [1.165, 1.54) is 77.4 Å². The van der Waals surface area contributed by atoms with Gasteiger partial charge in [-0.25, -0.2) is 0 Å². The van der Waals surface area contributed by atoms with Crippen LogP contribution in [0.5, 0.6) is 0 Å². The maximum atomic E-state index is 2.40. The van der Waals surface area contributed by atoms with Crippen LogP contribution in [0.1, 0.15) is 0 Å². The number of nitrogens with zero attached hydrogens (tertiary/aromatic N) is 2. The van der Waals surface area contributed by atoms with Gasteiger partial charge in [0.25, 0.3) is 0 Å². The molecule has 1 heterocycles. The molecule has 2 nitrogen and oxygen atoms in total. The second kappa shape index (κ2) is 16.1. The van der Waals surface area contributed by atoms with Crippen molar-refractivity contribution in [3.05, 3.63) is 255 Å². The Labute approximate surface area is 362 Å². The van der Waals surface area contributed by atoms with E-state index in [-0.39, 0.29) is 0 Å².